The molecule has 10 heteroatoms. The summed E-state index contributed by atoms with van der Waals surface area (Å²) >= 11 is 0. The smallest absolute Gasteiger partial charge is 0.381 e. The molecule has 1 fully saturated rings. The van der Waals surface area contributed by atoms with E-state index in [9.17, 15) is 44.6 Å². The van der Waals surface area contributed by atoms with Crippen LogP contribution in [0.25, 0.3) is 0 Å². The van der Waals surface area contributed by atoms with Gasteiger partial charge in [-0.05, 0) is 23.5 Å². The molecule has 0 radical (unpaired) electrons. The third-order valence-corrected chi connectivity index (χ3v) is 5.13. The van der Waals surface area contributed by atoms with Crippen LogP contribution >= 0.6 is 0 Å². The van der Waals surface area contributed by atoms with Gasteiger partial charge in [0.15, 0.2) is 0 Å². The van der Waals surface area contributed by atoms with Crippen molar-refractivity contribution >= 4 is 0 Å². The summed E-state index contributed by atoms with van der Waals surface area (Å²) in [6.45, 7) is 3.55. The Bertz CT molecular complexity index is 675. The molecule has 0 heterocycles. The molecule has 1 aliphatic carbocycles. The van der Waals surface area contributed by atoms with Crippen LogP contribution in [0.2, 0.25) is 0 Å². The van der Waals surface area contributed by atoms with Crippen molar-refractivity contribution in [2.75, 3.05) is 0 Å². The monoisotopic (exact) mass is 408 g/mol. The maximum absolute atomic E-state index is 14.5. The number of hydrogen-bond acceptors (Lipinski definition) is 1. The van der Waals surface area contributed by atoms with E-state index in [1.165, 1.54) is 12.1 Å². The molecule has 1 nitrogen and oxygen atoms in total. The minimum atomic E-state index is -6.63. The molecule has 2 rings (SSSR count). The quantitative estimate of drug-likeness (QED) is 0.603. The lowest BCUT2D eigenvalue weighted by atomic mass is 9.86. The van der Waals surface area contributed by atoms with E-state index in [4.69, 9.17) is 0 Å². The van der Waals surface area contributed by atoms with E-state index in [0.717, 1.165) is 6.07 Å². The van der Waals surface area contributed by atoms with Crippen molar-refractivity contribution in [3.8, 4) is 0 Å². The highest BCUT2D eigenvalue weighted by molar-refractivity contribution is 5.31. The maximum Gasteiger partial charge on any atom is 0.381 e. The molecule has 1 aromatic rings. The van der Waals surface area contributed by atoms with Crippen LogP contribution in [0.3, 0.4) is 0 Å². The van der Waals surface area contributed by atoms with Gasteiger partial charge >= 0.3 is 23.7 Å². The van der Waals surface area contributed by atoms with Crippen molar-refractivity contribution in [2.24, 2.45) is 0 Å². The fraction of sp³-hybridized carbons (Fsp3) is 0.647. The van der Waals surface area contributed by atoms with Gasteiger partial charge in [-0.1, -0.05) is 38.1 Å². The average Bonchev–Trinajstić information content (AvgIpc) is 2.64. The fourth-order valence-corrected chi connectivity index (χ4v) is 3.04. The minimum Gasteiger partial charge on any atom is -0.388 e. The van der Waals surface area contributed by atoms with Crippen LogP contribution in [-0.2, 0) is 0 Å². The Kier molecular flexibility index (Phi) is 5.08. The molecule has 0 saturated heterocycles. The van der Waals surface area contributed by atoms with Gasteiger partial charge in [0, 0.05) is 6.42 Å². The molecule has 0 amide bonds. The summed E-state index contributed by atoms with van der Waals surface area (Å²) in [5, 5.41) is 9.93. The molecule has 2 atom stereocenters. The van der Waals surface area contributed by atoms with Crippen LogP contribution in [0.15, 0.2) is 24.3 Å². The van der Waals surface area contributed by atoms with Gasteiger partial charge in [0.05, 0.1) is 6.10 Å². The summed E-state index contributed by atoms with van der Waals surface area (Å²) in [5.74, 6) is -26.2. The Morgan fingerprint density at radius 2 is 1.26 bits per heavy atom. The first kappa shape index (κ1) is 21.8. The standard InChI is InChI=1S/C17H17F9O/c1-3-9(2)10-5-4-6-11(7-10)12(27)8-13(18)14(19,20)16(23,24)17(25,26)15(13,21)22/h4-7,9,12,27H,3,8H2,1-2H3. The number of aliphatic hydroxyl groups is 1. The Labute approximate surface area is 149 Å². The van der Waals surface area contributed by atoms with Crippen LogP contribution in [0.4, 0.5) is 39.5 Å². The van der Waals surface area contributed by atoms with E-state index in [1.54, 1.807) is 19.9 Å². The molecule has 1 aliphatic rings. The lowest BCUT2D eigenvalue weighted by Gasteiger charge is -2.32. The summed E-state index contributed by atoms with van der Waals surface area (Å²) in [4.78, 5) is 0. The molecule has 0 spiro atoms. The number of aliphatic hydroxyl groups excluding tert-OH is 1. The number of rotatable bonds is 5. The Morgan fingerprint density at radius 3 is 1.70 bits per heavy atom. The van der Waals surface area contributed by atoms with E-state index in [2.05, 4.69) is 0 Å². The van der Waals surface area contributed by atoms with Gasteiger partial charge in [-0.25, -0.2) is 4.39 Å². The van der Waals surface area contributed by atoms with Crippen molar-refractivity contribution in [3.63, 3.8) is 0 Å². The van der Waals surface area contributed by atoms with Gasteiger partial charge in [0.2, 0.25) is 0 Å². The van der Waals surface area contributed by atoms with E-state index in [-0.39, 0.29) is 11.5 Å². The van der Waals surface area contributed by atoms with Crippen molar-refractivity contribution in [1.82, 2.24) is 0 Å². The van der Waals surface area contributed by atoms with Crippen molar-refractivity contribution in [2.45, 2.75) is 68.1 Å². The van der Waals surface area contributed by atoms with Gasteiger partial charge in [-0.2, -0.15) is 35.1 Å². The van der Waals surface area contributed by atoms with E-state index >= 15 is 0 Å². The number of alkyl halides is 9. The summed E-state index contributed by atoms with van der Waals surface area (Å²) in [6, 6.07) is 5.15. The Balaban J connectivity index is 2.46. The number of benzene rings is 1. The zero-order chi connectivity index (χ0) is 21.1. The lowest BCUT2D eigenvalue weighted by molar-refractivity contribution is -0.303. The van der Waals surface area contributed by atoms with Crippen molar-refractivity contribution in [3.05, 3.63) is 35.4 Å². The lowest BCUT2D eigenvalue weighted by Crippen LogP contribution is -2.55. The van der Waals surface area contributed by atoms with E-state index in [0.29, 0.717) is 12.0 Å². The van der Waals surface area contributed by atoms with Gasteiger partial charge in [0.1, 0.15) is 0 Å². The van der Waals surface area contributed by atoms with Crippen LogP contribution in [-0.4, -0.2) is 34.5 Å². The topological polar surface area (TPSA) is 20.2 Å². The average molecular weight is 408 g/mol. The molecular formula is C17H17F9O. The Hall–Kier alpha value is -1.45. The SMILES string of the molecule is CCC(C)c1cccc(C(O)CC2(F)C(F)(F)C(F)(F)C(F)(F)C2(F)F)c1. The summed E-state index contributed by atoms with van der Waals surface area (Å²) in [6.07, 6.45) is -4.15. The van der Waals surface area contributed by atoms with E-state index < -0.39 is 41.9 Å². The van der Waals surface area contributed by atoms with Crippen LogP contribution in [0.1, 0.15) is 49.8 Å². The minimum absolute atomic E-state index is 0.0977. The first-order valence-corrected chi connectivity index (χ1v) is 8.06. The molecule has 0 aromatic heterocycles. The second kappa shape index (κ2) is 6.28. The van der Waals surface area contributed by atoms with Gasteiger partial charge < -0.3 is 5.11 Å². The largest absolute Gasteiger partial charge is 0.388 e. The molecule has 154 valence electrons. The molecule has 0 bridgehead atoms. The summed E-state index contributed by atoms with van der Waals surface area (Å²) in [7, 11) is 0. The predicted octanol–water partition coefficient (Wildman–Crippen LogP) is 5.89. The van der Waals surface area contributed by atoms with Crippen LogP contribution in [0.5, 0.6) is 0 Å². The maximum atomic E-state index is 14.5. The van der Waals surface area contributed by atoms with Gasteiger partial charge in [-0.15, -0.1) is 0 Å². The molecule has 2 unspecified atom stereocenters. The normalized spacial score (nSPS) is 26.5. The third kappa shape index (κ3) is 2.66. The van der Waals surface area contributed by atoms with Crippen molar-refractivity contribution in [1.29, 1.82) is 0 Å². The second-order valence-electron chi connectivity index (χ2n) is 6.80. The molecular weight excluding hydrogens is 391 g/mol. The summed E-state index contributed by atoms with van der Waals surface area (Å²) < 4.78 is 122. The molecule has 27 heavy (non-hydrogen) atoms. The fourth-order valence-electron chi connectivity index (χ4n) is 3.04. The summed E-state index contributed by atoms with van der Waals surface area (Å²) in [5.41, 5.74) is -5.43. The van der Waals surface area contributed by atoms with E-state index in [1.807, 2.05) is 0 Å². The zero-order valence-electron chi connectivity index (χ0n) is 14.2. The van der Waals surface area contributed by atoms with Gasteiger partial charge in [-0.3, -0.25) is 0 Å². The Morgan fingerprint density at radius 1 is 0.815 bits per heavy atom. The molecule has 1 N–H and O–H groups in total. The third-order valence-electron chi connectivity index (χ3n) is 5.13. The number of hydrogen-bond donors (Lipinski definition) is 1. The van der Waals surface area contributed by atoms with Gasteiger partial charge in [0.25, 0.3) is 5.67 Å². The first-order chi connectivity index (χ1) is 12.1. The molecule has 1 aromatic carbocycles. The predicted molar refractivity (Wildman–Crippen MR) is 78.4 cm³/mol. The molecule has 0 aliphatic heterocycles. The molecule has 1 saturated carbocycles. The van der Waals surface area contributed by atoms with Crippen LogP contribution in [0, 0.1) is 0 Å². The van der Waals surface area contributed by atoms with Crippen molar-refractivity contribution < 1.29 is 44.6 Å². The highest BCUT2D eigenvalue weighted by atomic mass is 19.4. The first-order valence-electron chi connectivity index (χ1n) is 8.06. The zero-order valence-corrected chi connectivity index (χ0v) is 14.2. The number of halogens is 9. The second-order valence-corrected chi connectivity index (χ2v) is 6.80. The van der Waals surface area contributed by atoms with Crippen LogP contribution < -0.4 is 0 Å². The highest BCUT2D eigenvalue weighted by Gasteiger charge is 3.00. The highest BCUT2D eigenvalue weighted by Crippen LogP contribution is 2.70.